The maximum Gasteiger partial charge on any atom is 0.277 e. The Morgan fingerprint density at radius 1 is 1.23 bits per heavy atom. The Hall–Kier alpha value is -3.40. The van der Waals surface area contributed by atoms with Crippen LogP contribution < -0.4 is 10.1 Å². The van der Waals surface area contributed by atoms with Crippen molar-refractivity contribution in [2.45, 2.75) is 38.5 Å². The fourth-order valence-electron chi connectivity index (χ4n) is 2.62. The first-order valence-corrected chi connectivity index (χ1v) is 10.5. The van der Waals surface area contributed by atoms with Crippen LogP contribution in [0.4, 0.5) is 11.4 Å². The molecule has 0 bridgehead atoms. The summed E-state index contributed by atoms with van der Waals surface area (Å²) in [5, 5.41) is 21.6. The molecular formula is C21H22N4O5S. The number of anilines is 1. The molecule has 0 saturated carbocycles. The summed E-state index contributed by atoms with van der Waals surface area (Å²) in [5.41, 5.74) is 2.25. The molecule has 3 aromatic rings. The largest absolute Gasteiger partial charge is 0.484 e. The fourth-order valence-corrected chi connectivity index (χ4v) is 3.20. The van der Waals surface area contributed by atoms with Gasteiger partial charge in [-0.1, -0.05) is 43.8 Å². The molecule has 0 saturated heterocycles. The number of hydrogen-bond acceptors (Lipinski definition) is 8. The molecule has 2 aromatic carbocycles. The highest BCUT2D eigenvalue weighted by molar-refractivity contribution is 7.99. The van der Waals surface area contributed by atoms with E-state index in [2.05, 4.69) is 29.4 Å². The number of nitro benzene ring substituents is 1. The van der Waals surface area contributed by atoms with Crippen LogP contribution in [0.2, 0.25) is 0 Å². The van der Waals surface area contributed by atoms with Gasteiger partial charge in [-0.15, -0.1) is 10.2 Å². The highest BCUT2D eigenvalue weighted by Gasteiger charge is 2.14. The van der Waals surface area contributed by atoms with Crippen LogP contribution in [0.15, 0.2) is 52.1 Å². The van der Waals surface area contributed by atoms with Gasteiger partial charge in [-0.25, -0.2) is 0 Å². The summed E-state index contributed by atoms with van der Waals surface area (Å²) in [7, 11) is 0. The van der Waals surface area contributed by atoms with Crippen molar-refractivity contribution in [2.75, 3.05) is 11.1 Å². The number of rotatable bonds is 9. The van der Waals surface area contributed by atoms with E-state index in [1.54, 1.807) is 13.0 Å². The van der Waals surface area contributed by atoms with E-state index in [9.17, 15) is 14.9 Å². The van der Waals surface area contributed by atoms with Crippen molar-refractivity contribution in [1.82, 2.24) is 10.2 Å². The van der Waals surface area contributed by atoms with E-state index < -0.39 is 4.92 Å². The molecule has 9 nitrogen and oxygen atoms in total. The number of aryl methyl sites for hydroxylation is 1. The lowest BCUT2D eigenvalue weighted by molar-refractivity contribution is -0.384. The lowest BCUT2D eigenvalue weighted by Crippen LogP contribution is -2.15. The van der Waals surface area contributed by atoms with Crippen molar-refractivity contribution in [2.24, 2.45) is 0 Å². The number of nitro groups is 1. The van der Waals surface area contributed by atoms with Crippen LogP contribution in [-0.4, -0.2) is 26.8 Å². The standard InChI is InChI=1S/C21H22N4O5S/c1-13(2)15-5-8-17(9-6-15)29-11-20-23-24-21(30-20)31-12-19(26)22-18-10-16(25(27)28)7-4-14(18)3/h4-10,13H,11-12H2,1-3H3,(H,22,26). The smallest absolute Gasteiger partial charge is 0.277 e. The van der Waals surface area contributed by atoms with Gasteiger partial charge in [-0.05, 0) is 36.1 Å². The number of carbonyl (C=O) groups excluding carboxylic acids is 1. The summed E-state index contributed by atoms with van der Waals surface area (Å²) < 4.78 is 11.1. The Balaban J connectivity index is 1.49. The van der Waals surface area contributed by atoms with Gasteiger partial charge in [0.25, 0.3) is 16.8 Å². The van der Waals surface area contributed by atoms with Gasteiger partial charge in [0.15, 0.2) is 6.61 Å². The third-order valence-corrected chi connectivity index (χ3v) is 5.21. The number of amides is 1. The van der Waals surface area contributed by atoms with E-state index in [4.69, 9.17) is 9.15 Å². The molecule has 3 rings (SSSR count). The van der Waals surface area contributed by atoms with Crippen LogP contribution in [0.3, 0.4) is 0 Å². The number of carbonyl (C=O) groups is 1. The second kappa shape index (κ2) is 10.1. The summed E-state index contributed by atoms with van der Waals surface area (Å²) in [6, 6.07) is 12.1. The number of nitrogens with one attached hydrogen (secondary N) is 1. The first-order chi connectivity index (χ1) is 14.8. The molecule has 0 fully saturated rings. The van der Waals surface area contributed by atoms with Crippen molar-refractivity contribution in [1.29, 1.82) is 0 Å². The lowest BCUT2D eigenvalue weighted by atomic mass is 10.0. The van der Waals surface area contributed by atoms with E-state index in [0.717, 1.165) is 17.3 Å². The zero-order valence-electron chi connectivity index (χ0n) is 17.3. The molecular weight excluding hydrogens is 420 g/mol. The molecule has 0 spiro atoms. The van der Waals surface area contributed by atoms with Crippen molar-refractivity contribution in [3.05, 3.63) is 69.6 Å². The first kappa shape index (κ1) is 22.3. The van der Waals surface area contributed by atoms with Crippen molar-refractivity contribution >= 4 is 29.0 Å². The number of hydrogen-bond donors (Lipinski definition) is 1. The molecule has 1 amide bonds. The van der Waals surface area contributed by atoms with Gasteiger partial charge in [0.05, 0.1) is 16.4 Å². The van der Waals surface area contributed by atoms with Crippen molar-refractivity contribution in [3.63, 3.8) is 0 Å². The van der Waals surface area contributed by atoms with Crippen LogP contribution in [0, 0.1) is 17.0 Å². The third-order valence-electron chi connectivity index (χ3n) is 4.39. The molecule has 0 aliphatic heterocycles. The molecule has 0 aliphatic carbocycles. The van der Waals surface area contributed by atoms with Gasteiger partial charge in [0.2, 0.25) is 5.91 Å². The SMILES string of the molecule is Cc1ccc([N+](=O)[O-])cc1NC(=O)CSc1nnc(COc2ccc(C(C)C)cc2)o1. The van der Waals surface area contributed by atoms with E-state index in [1.807, 2.05) is 24.3 Å². The van der Waals surface area contributed by atoms with Crippen LogP contribution in [0.1, 0.15) is 36.8 Å². The van der Waals surface area contributed by atoms with Gasteiger partial charge in [0.1, 0.15) is 5.75 Å². The van der Waals surface area contributed by atoms with Gasteiger partial charge < -0.3 is 14.5 Å². The monoisotopic (exact) mass is 442 g/mol. The maximum atomic E-state index is 12.2. The Morgan fingerprint density at radius 3 is 2.65 bits per heavy atom. The van der Waals surface area contributed by atoms with Crippen LogP contribution in [0.5, 0.6) is 5.75 Å². The Bertz CT molecular complexity index is 1070. The molecule has 0 aliphatic rings. The van der Waals surface area contributed by atoms with E-state index in [1.165, 1.54) is 17.7 Å². The van der Waals surface area contributed by atoms with E-state index in [0.29, 0.717) is 23.2 Å². The average molecular weight is 442 g/mol. The van der Waals surface area contributed by atoms with Crippen molar-refractivity contribution in [3.8, 4) is 5.75 Å². The molecule has 1 heterocycles. The molecule has 0 radical (unpaired) electrons. The number of thioether (sulfide) groups is 1. The molecule has 31 heavy (non-hydrogen) atoms. The summed E-state index contributed by atoms with van der Waals surface area (Å²) in [5.74, 6) is 1.12. The molecule has 162 valence electrons. The molecule has 1 aromatic heterocycles. The fraction of sp³-hybridized carbons (Fsp3) is 0.286. The molecule has 0 atom stereocenters. The van der Waals surface area contributed by atoms with E-state index in [-0.39, 0.29) is 29.2 Å². The average Bonchev–Trinajstić information content (AvgIpc) is 3.20. The summed E-state index contributed by atoms with van der Waals surface area (Å²) in [4.78, 5) is 22.6. The topological polar surface area (TPSA) is 120 Å². The second-order valence-corrected chi connectivity index (χ2v) is 7.99. The lowest BCUT2D eigenvalue weighted by Gasteiger charge is -2.07. The summed E-state index contributed by atoms with van der Waals surface area (Å²) in [6.45, 7) is 6.12. The Labute approximate surface area is 183 Å². The molecule has 0 unspecified atom stereocenters. The van der Waals surface area contributed by atoms with Crippen LogP contribution in [-0.2, 0) is 11.4 Å². The Kier molecular flexibility index (Phi) is 7.24. The predicted octanol–water partition coefficient (Wildman–Crippen LogP) is 4.72. The summed E-state index contributed by atoms with van der Waals surface area (Å²) >= 11 is 1.07. The molecule has 1 N–H and O–H groups in total. The maximum absolute atomic E-state index is 12.2. The normalized spacial score (nSPS) is 10.8. The molecule has 10 heteroatoms. The third kappa shape index (κ3) is 6.29. The van der Waals surface area contributed by atoms with Gasteiger partial charge >= 0.3 is 0 Å². The van der Waals surface area contributed by atoms with Crippen LogP contribution >= 0.6 is 11.8 Å². The van der Waals surface area contributed by atoms with Crippen molar-refractivity contribution < 1.29 is 18.9 Å². The Morgan fingerprint density at radius 2 is 1.97 bits per heavy atom. The zero-order valence-corrected chi connectivity index (χ0v) is 18.1. The highest BCUT2D eigenvalue weighted by atomic mass is 32.2. The van der Waals surface area contributed by atoms with E-state index >= 15 is 0 Å². The van der Waals surface area contributed by atoms with Gasteiger partial charge in [-0.2, -0.15) is 0 Å². The number of non-ortho nitro benzene ring substituents is 1. The minimum absolute atomic E-state index is 0.0152. The zero-order chi connectivity index (χ0) is 22.4. The number of aromatic nitrogens is 2. The predicted molar refractivity (Wildman–Crippen MR) is 116 cm³/mol. The van der Waals surface area contributed by atoms with Gasteiger partial charge in [0, 0.05) is 12.1 Å². The first-order valence-electron chi connectivity index (χ1n) is 9.54. The number of ether oxygens (including phenoxy) is 1. The second-order valence-electron chi connectivity index (χ2n) is 7.07. The summed E-state index contributed by atoms with van der Waals surface area (Å²) in [6.07, 6.45) is 0. The minimum atomic E-state index is -0.509. The number of benzene rings is 2. The number of nitrogens with zero attached hydrogens (tertiary/aromatic N) is 3. The minimum Gasteiger partial charge on any atom is -0.484 e. The quantitative estimate of drug-likeness (QED) is 0.287. The van der Waals surface area contributed by atoms with Gasteiger partial charge in [-0.3, -0.25) is 14.9 Å². The van der Waals surface area contributed by atoms with Crippen LogP contribution in [0.25, 0.3) is 0 Å². The highest BCUT2D eigenvalue weighted by Crippen LogP contribution is 2.23.